The second kappa shape index (κ2) is 51.9. The Balaban J connectivity index is 4.04. The first-order valence-corrected chi connectivity index (χ1v) is 29.1. The van der Waals surface area contributed by atoms with Crippen LogP contribution in [0.3, 0.4) is 0 Å². The Labute approximate surface area is 426 Å². The summed E-state index contributed by atoms with van der Waals surface area (Å²) < 4.78 is 22.6. The Morgan fingerprint density at radius 1 is 0.449 bits per heavy atom. The number of carbonyl (C=O) groups is 3. The molecule has 9 nitrogen and oxygen atoms in total. The summed E-state index contributed by atoms with van der Waals surface area (Å²) in [5.41, 5.74) is 0. The fourth-order valence-corrected chi connectivity index (χ4v) is 8.44. The normalized spacial score (nSPS) is 13.0. The lowest BCUT2D eigenvalue weighted by Gasteiger charge is -2.26. The van der Waals surface area contributed by atoms with Crippen molar-refractivity contribution in [2.24, 2.45) is 0 Å². The first-order chi connectivity index (χ1) is 33.6. The van der Waals surface area contributed by atoms with Crippen molar-refractivity contribution in [2.75, 3.05) is 47.5 Å². The van der Waals surface area contributed by atoms with Crippen molar-refractivity contribution in [3.63, 3.8) is 0 Å². The number of unbranched alkanes of at least 4 members (excludes halogenated alkanes) is 33. The smallest absolute Gasteiger partial charge is 0.306 e. The van der Waals surface area contributed by atoms with E-state index >= 15 is 0 Å². The number of carbonyl (C=O) groups excluding carboxylic acids is 3. The van der Waals surface area contributed by atoms with E-state index in [1.807, 2.05) is 21.1 Å². The number of aliphatic carboxylic acids is 1. The van der Waals surface area contributed by atoms with Gasteiger partial charge in [-0.1, -0.05) is 249 Å². The van der Waals surface area contributed by atoms with Gasteiger partial charge in [-0.15, -0.1) is 0 Å². The fraction of sp³-hybridized carbons (Fsp3) is 0.850. The first kappa shape index (κ1) is 66.5. The minimum atomic E-state index is -1.63. The van der Waals surface area contributed by atoms with E-state index in [-0.39, 0.29) is 38.6 Å². The summed E-state index contributed by atoms with van der Waals surface area (Å²) >= 11 is 0. The molecule has 0 aliphatic rings. The van der Waals surface area contributed by atoms with Crippen molar-refractivity contribution in [1.82, 2.24) is 0 Å². The standard InChI is InChI=1S/C60H111NO8/c1-6-8-10-12-14-16-18-20-21-22-23-24-25-26-27-28-29-30-31-32-33-34-35-36-37-39-40-42-44-46-48-50-57(62)67-54-56(55-68-60(59(64)65)66-53-52-61(3,4)5)69-58(63)51-49-47-45-43-41-38-19-17-15-13-11-9-7-2/h9,11,15,17,38,41,56,60H,6-8,10,12-14,16,18-37,39-40,42-55H2,1-5H3/b11-9-,17-15-,41-38-. The van der Waals surface area contributed by atoms with Crippen LogP contribution >= 0.6 is 0 Å². The van der Waals surface area contributed by atoms with Gasteiger partial charge < -0.3 is 33.3 Å². The zero-order valence-corrected chi connectivity index (χ0v) is 45.9. The van der Waals surface area contributed by atoms with Gasteiger partial charge in [-0.2, -0.15) is 0 Å². The van der Waals surface area contributed by atoms with Crippen LogP contribution in [-0.2, 0) is 33.3 Å². The van der Waals surface area contributed by atoms with Gasteiger partial charge in [0.25, 0.3) is 0 Å². The van der Waals surface area contributed by atoms with Crippen LogP contribution in [0.5, 0.6) is 0 Å². The van der Waals surface area contributed by atoms with Crippen LogP contribution in [0, 0.1) is 0 Å². The SMILES string of the molecule is CC/C=C\C/C=C\C/C=C\CCCCCC(=O)OC(COC(=O)CCCCCCCCCCCCCCCCCCCCCCCCCCCCCCCCC)COC(OCC[N+](C)(C)C)C(=O)[O-]. The highest BCUT2D eigenvalue weighted by Crippen LogP contribution is 2.17. The number of allylic oxidation sites excluding steroid dienone is 6. The molecule has 0 aliphatic carbocycles. The minimum absolute atomic E-state index is 0.143. The molecule has 0 aliphatic heterocycles. The second-order valence-corrected chi connectivity index (χ2v) is 20.9. The molecule has 0 amide bonds. The molecule has 0 rings (SSSR count). The largest absolute Gasteiger partial charge is 0.545 e. The van der Waals surface area contributed by atoms with Crippen molar-refractivity contribution >= 4 is 17.9 Å². The third-order valence-electron chi connectivity index (χ3n) is 12.9. The van der Waals surface area contributed by atoms with E-state index in [4.69, 9.17) is 18.9 Å². The maximum absolute atomic E-state index is 12.8. The molecule has 0 spiro atoms. The number of carboxylic acid groups (broad SMARTS) is 1. The van der Waals surface area contributed by atoms with Gasteiger partial charge in [0.2, 0.25) is 0 Å². The van der Waals surface area contributed by atoms with Crippen molar-refractivity contribution in [3.05, 3.63) is 36.5 Å². The number of likely N-dealkylation sites (N-methyl/N-ethyl adjacent to an activating group) is 1. The van der Waals surface area contributed by atoms with E-state index in [1.54, 1.807) is 0 Å². The van der Waals surface area contributed by atoms with Crippen molar-refractivity contribution in [1.29, 1.82) is 0 Å². The number of quaternary nitrogens is 1. The molecule has 2 atom stereocenters. The third kappa shape index (κ3) is 53.1. The third-order valence-corrected chi connectivity index (χ3v) is 12.9. The van der Waals surface area contributed by atoms with E-state index in [2.05, 4.69) is 50.3 Å². The molecule has 0 aromatic rings. The van der Waals surface area contributed by atoms with Crippen molar-refractivity contribution in [2.45, 2.75) is 283 Å². The van der Waals surface area contributed by atoms with Crippen molar-refractivity contribution < 1.29 is 42.9 Å². The summed E-state index contributed by atoms with van der Waals surface area (Å²) in [6, 6.07) is 0. The Kier molecular flexibility index (Phi) is 50.0. The van der Waals surface area contributed by atoms with Crippen molar-refractivity contribution in [3.8, 4) is 0 Å². The van der Waals surface area contributed by atoms with Crippen LogP contribution in [0.25, 0.3) is 0 Å². The number of rotatable bonds is 54. The number of hydrogen-bond acceptors (Lipinski definition) is 8. The zero-order valence-electron chi connectivity index (χ0n) is 45.9. The van der Waals surface area contributed by atoms with Crippen LogP contribution in [0.15, 0.2) is 36.5 Å². The van der Waals surface area contributed by atoms with Crippen LogP contribution in [-0.4, -0.2) is 82.3 Å². The molecule has 0 saturated heterocycles. The molecule has 0 saturated carbocycles. The Hall–Kier alpha value is -2.49. The molecule has 0 radical (unpaired) electrons. The van der Waals surface area contributed by atoms with Gasteiger partial charge in [0.05, 0.1) is 40.3 Å². The van der Waals surface area contributed by atoms with Gasteiger partial charge in [0.1, 0.15) is 13.2 Å². The molecular formula is C60H111NO8. The van der Waals surface area contributed by atoms with Gasteiger partial charge in [-0.3, -0.25) is 9.59 Å². The van der Waals surface area contributed by atoms with E-state index < -0.39 is 24.3 Å². The molecule has 0 aromatic carbocycles. The highest BCUT2D eigenvalue weighted by atomic mass is 16.7. The molecule has 69 heavy (non-hydrogen) atoms. The summed E-state index contributed by atoms with van der Waals surface area (Å²) in [6.45, 7) is 4.62. The molecule has 0 heterocycles. The quantitative estimate of drug-likeness (QED) is 0.0195. The lowest BCUT2D eigenvalue weighted by atomic mass is 10.0. The van der Waals surface area contributed by atoms with Gasteiger partial charge >= 0.3 is 11.9 Å². The summed E-state index contributed by atoms with van der Waals surface area (Å²) in [7, 11) is 5.91. The summed E-state index contributed by atoms with van der Waals surface area (Å²) in [6.07, 6.45) is 59.5. The summed E-state index contributed by atoms with van der Waals surface area (Å²) in [5, 5.41) is 11.7. The minimum Gasteiger partial charge on any atom is -0.545 e. The predicted molar refractivity (Wildman–Crippen MR) is 288 cm³/mol. The van der Waals surface area contributed by atoms with Gasteiger partial charge in [-0.05, 0) is 44.9 Å². The number of nitrogens with zero attached hydrogens (tertiary/aromatic N) is 1. The van der Waals surface area contributed by atoms with E-state index in [0.29, 0.717) is 17.4 Å². The summed E-state index contributed by atoms with van der Waals surface area (Å²) in [5.74, 6) is -2.31. The number of carboxylic acids is 1. The lowest BCUT2D eigenvalue weighted by Crippen LogP contribution is -2.44. The topological polar surface area (TPSA) is 111 Å². The number of hydrogen-bond donors (Lipinski definition) is 0. The van der Waals surface area contributed by atoms with Crippen LogP contribution < -0.4 is 5.11 Å². The molecule has 0 bridgehead atoms. The van der Waals surface area contributed by atoms with Crippen LogP contribution in [0.1, 0.15) is 271 Å². The molecule has 404 valence electrons. The van der Waals surface area contributed by atoms with E-state index in [1.165, 1.54) is 180 Å². The van der Waals surface area contributed by atoms with Gasteiger partial charge in [0, 0.05) is 12.8 Å². The molecule has 9 heteroatoms. The highest BCUT2D eigenvalue weighted by molar-refractivity contribution is 5.70. The molecule has 0 N–H and O–H groups in total. The van der Waals surface area contributed by atoms with Crippen LogP contribution in [0.2, 0.25) is 0 Å². The molecular weight excluding hydrogens is 863 g/mol. The molecule has 0 aromatic heterocycles. The van der Waals surface area contributed by atoms with Gasteiger partial charge in [-0.25, -0.2) is 0 Å². The van der Waals surface area contributed by atoms with E-state index in [0.717, 1.165) is 57.8 Å². The Morgan fingerprint density at radius 2 is 0.826 bits per heavy atom. The predicted octanol–water partition coefficient (Wildman–Crippen LogP) is 15.6. The summed E-state index contributed by atoms with van der Waals surface area (Å²) in [4.78, 5) is 37.1. The Bertz CT molecular complexity index is 1230. The van der Waals surface area contributed by atoms with Crippen LogP contribution in [0.4, 0.5) is 0 Å². The fourth-order valence-electron chi connectivity index (χ4n) is 8.44. The molecule has 0 fully saturated rings. The van der Waals surface area contributed by atoms with E-state index in [9.17, 15) is 19.5 Å². The monoisotopic (exact) mass is 974 g/mol. The average Bonchev–Trinajstić information content (AvgIpc) is 3.31. The second-order valence-electron chi connectivity index (χ2n) is 20.9. The Morgan fingerprint density at radius 3 is 1.23 bits per heavy atom. The maximum Gasteiger partial charge on any atom is 0.306 e. The number of esters is 2. The van der Waals surface area contributed by atoms with Gasteiger partial charge in [0.15, 0.2) is 12.4 Å². The lowest BCUT2D eigenvalue weighted by molar-refractivity contribution is -0.870. The first-order valence-electron chi connectivity index (χ1n) is 29.1. The highest BCUT2D eigenvalue weighted by Gasteiger charge is 2.22. The molecule has 2 unspecified atom stereocenters. The average molecular weight is 975 g/mol. The number of ether oxygens (including phenoxy) is 4. The zero-order chi connectivity index (χ0) is 50.6. The maximum atomic E-state index is 12.8.